The Labute approximate surface area is 170 Å². The molecular formula is C19H17BrN2O3S2. The summed E-state index contributed by atoms with van der Waals surface area (Å²) in [4.78, 5) is 12.8. The number of benzene rings is 2. The first-order valence-corrected chi connectivity index (χ1v) is 11.1. The van der Waals surface area contributed by atoms with Gasteiger partial charge >= 0.3 is 0 Å². The molecule has 8 heteroatoms. The molecule has 0 aliphatic carbocycles. The predicted octanol–water partition coefficient (Wildman–Crippen LogP) is 4.90. The SMILES string of the molecule is Cc1ccc(N(C)S(=O)(=O)c2ccsc2C(=O)Nc2cccc(Br)c2)cc1. The van der Waals surface area contributed by atoms with Crippen molar-refractivity contribution in [2.75, 3.05) is 16.7 Å². The van der Waals surface area contributed by atoms with E-state index in [1.165, 1.54) is 17.4 Å². The minimum absolute atomic E-state index is 0.0110. The number of hydrogen-bond donors (Lipinski definition) is 1. The van der Waals surface area contributed by atoms with Crippen molar-refractivity contribution in [2.24, 2.45) is 0 Å². The van der Waals surface area contributed by atoms with E-state index in [1.54, 1.807) is 35.7 Å². The molecule has 0 radical (unpaired) electrons. The first kappa shape index (κ1) is 19.6. The molecule has 0 bridgehead atoms. The Morgan fingerprint density at radius 1 is 1.11 bits per heavy atom. The number of thiophene rings is 1. The molecule has 2 aromatic carbocycles. The van der Waals surface area contributed by atoms with Gasteiger partial charge in [0.05, 0.1) is 5.69 Å². The van der Waals surface area contributed by atoms with E-state index in [1.807, 2.05) is 25.1 Å². The second kappa shape index (κ2) is 7.84. The summed E-state index contributed by atoms with van der Waals surface area (Å²) in [5, 5.41) is 4.35. The molecule has 27 heavy (non-hydrogen) atoms. The van der Waals surface area contributed by atoms with Crippen LogP contribution in [0, 0.1) is 6.92 Å². The van der Waals surface area contributed by atoms with Crippen LogP contribution < -0.4 is 9.62 Å². The zero-order chi connectivity index (χ0) is 19.6. The summed E-state index contributed by atoms with van der Waals surface area (Å²) in [6.45, 7) is 1.93. The first-order chi connectivity index (χ1) is 12.8. The monoisotopic (exact) mass is 464 g/mol. The van der Waals surface area contributed by atoms with Gasteiger partial charge in [-0.15, -0.1) is 11.3 Å². The number of amides is 1. The Morgan fingerprint density at radius 3 is 2.48 bits per heavy atom. The van der Waals surface area contributed by atoms with Gasteiger partial charge in [-0.2, -0.15) is 0 Å². The predicted molar refractivity (Wildman–Crippen MR) is 113 cm³/mol. The third-order valence-electron chi connectivity index (χ3n) is 3.95. The van der Waals surface area contributed by atoms with Crippen LogP contribution in [0.1, 0.15) is 15.2 Å². The van der Waals surface area contributed by atoms with E-state index in [9.17, 15) is 13.2 Å². The molecular weight excluding hydrogens is 448 g/mol. The van der Waals surface area contributed by atoms with Crippen molar-refractivity contribution in [3.63, 3.8) is 0 Å². The quantitative estimate of drug-likeness (QED) is 0.583. The highest BCUT2D eigenvalue weighted by Crippen LogP contribution is 2.29. The first-order valence-electron chi connectivity index (χ1n) is 7.99. The number of carbonyl (C=O) groups is 1. The fourth-order valence-electron chi connectivity index (χ4n) is 2.46. The highest BCUT2D eigenvalue weighted by Gasteiger charge is 2.28. The van der Waals surface area contributed by atoms with Crippen molar-refractivity contribution in [3.8, 4) is 0 Å². The number of halogens is 1. The van der Waals surface area contributed by atoms with Crippen molar-refractivity contribution in [3.05, 3.63) is 74.9 Å². The molecule has 3 rings (SSSR count). The van der Waals surface area contributed by atoms with Gasteiger partial charge in [-0.3, -0.25) is 9.10 Å². The van der Waals surface area contributed by atoms with E-state index in [0.717, 1.165) is 21.4 Å². The van der Waals surface area contributed by atoms with Crippen LogP contribution in [0.4, 0.5) is 11.4 Å². The van der Waals surface area contributed by atoms with Gasteiger partial charge < -0.3 is 5.32 Å². The van der Waals surface area contributed by atoms with Crippen molar-refractivity contribution in [1.82, 2.24) is 0 Å². The lowest BCUT2D eigenvalue weighted by Gasteiger charge is -2.19. The summed E-state index contributed by atoms with van der Waals surface area (Å²) in [7, 11) is -2.38. The lowest BCUT2D eigenvalue weighted by molar-refractivity contribution is 0.102. The summed E-state index contributed by atoms with van der Waals surface area (Å²) in [5.74, 6) is -0.459. The molecule has 1 heterocycles. The van der Waals surface area contributed by atoms with Gasteiger partial charge in [0.15, 0.2) is 0 Å². The maximum absolute atomic E-state index is 13.1. The summed E-state index contributed by atoms with van der Waals surface area (Å²) in [6, 6.07) is 15.7. The van der Waals surface area contributed by atoms with Crippen LogP contribution in [0.3, 0.4) is 0 Å². The molecule has 0 saturated heterocycles. The number of hydrogen-bond acceptors (Lipinski definition) is 4. The minimum Gasteiger partial charge on any atom is -0.321 e. The largest absolute Gasteiger partial charge is 0.321 e. The molecule has 0 aliphatic rings. The minimum atomic E-state index is -3.86. The topological polar surface area (TPSA) is 66.5 Å². The standard InChI is InChI=1S/C19H17BrN2O3S2/c1-13-6-8-16(9-7-13)22(2)27(24,25)17-10-11-26-18(17)19(23)21-15-5-3-4-14(20)12-15/h3-12H,1-2H3,(H,21,23). The summed E-state index contributed by atoms with van der Waals surface area (Å²) in [6.07, 6.45) is 0. The zero-order valence-electron chi connectivity index (χ0n) is 14.6. The maximum Gasteiger partial charge on any atom is 0.267 e. The van der Waals surface area contributed by atoms with Gasteiger partial charge in [-0.1, -0.05) is 39.7 Å². The van der Waals surface area contributed by atoms with Gasteiger partial charge in [0.2, 0.25) is 0 Å². The van der Waals surface area contributed by atoms with Crippen molar-refractivity contribution in [1.29, 1.82) is 0 Å². The third kappa shape index (κ3) is 4.23. The Hall–Kier alpha value is -2.16. The highest BCUT2D eigenvalue weighted by molar-refractivity contribution is 9.10. The summed E-state index contributed by atoms with van der Waals surface area (Å²) in [5.41, 5.74) is 2.15. The van der Waals surface area contributed by atoms with Crippen LogP contribution in [-0.2, 0) is 10.0 Å². The molecule has 0 fully saturated rings. The molecule has 5 nitrogen and oxygen atoms in total. The van der Waals surface area contributed by atoms with E-state index in [2.05, 4.69) is 21.2 Å². The van der Waals surface area contributed by atoms with E-state index >= 15 is 0 Å². The smallest absolute Gasteiger partial charge is 0.267 e. The van der Waals surface area contributed by atoms with Crippen LogP contribution in [0.25, 0.3) is 0 Å². The Kier molecular flexibility index (Phi) is 5.69. The molecule has 0 spiro atoms. The van der Waals surface area contributed by atoms with Crippen molar-refractivity contribution >= 4 is 54.6 Å². The van der Waals surface area contributed by atoms with E-state index in [-0.39, 0.29) is 9.77 Å². The van der Waals surface area contributed by atoms with Crippen LogP contribution in [0.5, 0.6) is 0 Å². The maximum atomic E-state index is 13.1. The normalized spacial score (nSPS) is 11.2. The third-order valence-corrected chi connectivity index (χ3v) is 7.32. The lowest BCUT2D eigenvalue weighted by atomic mass is 10.2. The van der Waals surface area contributed by atoms with E-state index in [0.29, 0.717) is 11.4 Å². The van der Waals surface area contributed by atoms with Gasteiger partial charge in [0.25, 0.3) is 15.9 Å². The fraction of sp³-hybridized carbons (Fsp3) is 0.105. The van der Waals surface area contributed by atoms with Gasteiger partial charge in [0.1, 0.15) is 9.77 Å². The number of sulfonamides is 1. The molecule has 0 saturated carbocycles. The van der Waals surface area contributed by atoms with Crippen molar-refractivity contribution in [2.45, 2.75) is 11.8 Å². The molecule has 140 valence electrons. The molecule has 1 N–H and O–H groups in total. The highest BCUT2D eigenvalue weighted by atomic mass is 79.9. The van der Waals surface area contributed by atoms with Crippen LogP contribution >= 0.6 is 27.3 Å². The van der Waals surface area contributed by atoms with Gasteiger partial charge in [-0.05, 0) is 48.7 Å². The number of carbonyl (C=O) groups excluding carboxylic acids is 1. The number of nitrogens with zero attached hydrogens (tertiary/aromatic N) is 1. The van der Waals surface area contributed by atoms with Crippen LogP contribution in [0.15, 0.2) is 69.3 Å². The Morgan fingerprint density at radius 2 is 1.81 bits per heavy atom. The second-order valence-electron chi connectivity index (χ2n) is 5.89. The van der Waals surface area contributed by atoms with Gasteiger partial charge in [-0.25, -0.2) is 8.42 Å². The molecule has 0 atom stereocenters. The lowest BCUT2D eigenvalue weighted by Crippen LogP contribution is -2.28. The van der Waals surface area contributed by atoms with E-state index in [4.69, 9.17) is 0 Å². The van der Waals surface area contributed by atoms with Crippen LogP contribution in [-0.4, -0.2) is 21.4 Å². The number of rotatable bonds is 5. The number of aryl methyl sites for hydroxylation is 1. The average molecular weight is 465 g/mol. The molecule has 1 aromatic heterocycles. The summed E-state index contributed by atoms with van der Waals surface area (Å²) >= 11 is 4.44. The van der Waals surface area contributed by atoms with Crippen LogP contribution in [0.2, 0.25) is 0 Å². The second-order valence-corrected chi connectivity index (χ2v) is 9.66. The molecule has 0 unspecified atom stereocenters. The molecule has 3 aromatic rings. The number of nitrogens with one attached hydrogen (secondary N) is 1. The fourth-order valence-corrected chi connectivity index (χ4v) is 5.35. The number of anilines is 2. The summed E-state index contributed by atoms with van der Waals surface area (Å²) < 4.78 is 28.1. The molecule has 0 aliphatic heterocycles. The van der Waals surface area contributed by atoms with Gasteiger partial charge in [0, 0.05) is 17.2 Å². The molecule has 1 amide bonds. The van der Waals surface area contributed by atoms with E-state index < -0.39 is 15.9 Å². The van der Waals surface area contributed by atoms with Crippen molar-refractivity contribution < 1.29 is 13.2 Å². The zero-order valence-corrected chi connectivity index (χ0v) is 17.9. The Balaban J connectivity index is 1.90. The Bertz CT molecular complexity index is 1080. The average Bonchev–Trinajstić information content (AvgIpc) is 3.12.